The number of halogens is 8. The van der Waals surface area contributed by atoms with Crippen LogP contribution in [0.2, 0.25) is 5.02 Å². The standard InChI is InChI=1S/C20H15Cl3F5N3O3S/c1-19(22,23)7-14(32)29-9-2-3-11(21)10(6-9)18(34)30-13-5-4-12(24)17(16(13)25)31-15(33)8-35-20(26,27)28/h2-6H,7-8H2,1H3,(H,29,32)(H,30,34)(H,31,33). The van der Waals surface area contributed by atoms with Crippen LogP contribution in [0.5, 0.6) is 0 Å². The number of hydrogen-bond acceptors (Lipinski definition) is 4. The van der Waals surface area contributed by atoms with Crippen molar-refractivity contribution in [3.63, 3.8) is 0 Å². The van der Waals surface area contributed by atoms with Crippen molar-refractivity contribution in [1.29, 1.82) is 0 Å². The van der Waals surface area contributed by atoms with Crippen LogP contribution in [-0.2, 0) is 9.59 Å². The molecule has 0 bridgehead atoms. The van der Waals surface area contributed by atoms with E-state index in [9.17, 15) is 36.3 Å². The number of benzene rings is 2. The van der Waals surface area contributed by atoms with E-state index in [2.05, 4.69) is 10.6 Å². The number of thioether (sulfide) groups is 1. The highest BCUT2D eigenvalue weighted by Crippen LogP contribution is 2.31. The molecule has 3 amide bonds. The van der Waals surface area contributed by atoms with Crippen LogP contribution in [0.1, 0.15) is 23.7 Å². The van der Waals surface area contributed by atoms with Crippen molar-refractivity contribution in [2.75, 3.05) is 21.7 Å². The molecule has 0 fully saturated rings. The lowest BCUT2D eigenvalue weighted by molar-refractivity contribution is -0.116. The molecule has 0 saturated carbocycles. The molecule has 2 aromatic carbocycles. The lowest BCUT2D eigenvalue weighted by Crippen LogP contribution is -2.21. The summed E-state index contributed by atoms with van der Waals surface area (Å²) in [5.74, 6) is -6.71. The third-order valence-corrected chi connectivity index (χ3v) is 5.27. The summed E-state index contributed by atoms with van der Waals surface area (Å²) in [6, 6.07) is 5.36. The van der Waals surface area contributed by atoms with Gasteiger partial charge in [0.25, 0.3) is 5.91 Å². The Morgan fingerprint density at radius 3 is 2.23 bits per heavy atom. The number of alkyl halides is 5. The number of carbonyl (C=O) groups excluding carboxylic acids is 3. The van der Waals surface area contributed by atoms with Gasteiger partial charge < -0.3 is 16.0 Å². The second-order valence-electron chi connectivity index (χ2n) is 7.01. The molecule has 35 heavy (non-hydrogen) atoms. The Labute approximate surface area is 214 Å². The zero-order chi connectivity index (χ0) is 26.6. The number of nitrogens with one attached hydrogen (secondary N) is 3. The average molecular weight is 579 g/mol. The monoisotopic (exact) mass is 577 g/mol. The van der Waals surface area contributed by atoms with E-state index in [4.69, 9.17) is 34.8 Å². The molecule has 0 spiro atoms. The van der Waals surface area contributed by atoms with Crippen LogP contribution in [0, 0.1) is 11.6 Å². The van der Waals surface area contributed by atoms with Gasteiger partial charge in [0.15, 0.2) is 5.82 Å². The first-order valence-corrected chi connectivity index (χ1v) is 11.4. The lowest BCUT2D eigenvalue weighted by atomic mass is 10.1. The second-order valence-corrected chi connectivity index (χ2v) is 10.3. The van der Waals surface area contributed by atoms with Gasteiger partial charge in [0, 0.05) is 5.69 Å². The van der Waals surface area contributed by atoms with Crippen LogP contribution in [0.4, 0.5) is 39.0 Å². The van der Waals surface area contributed by atoms with E-state index in [1.165, 1.54) is 25.1 Å². The highest BCUT2D eigenvalue weighted by Gasteiger charge is 2.30. The third kappa shape index (κ3) is 9.36. The topological polar surface area (TPSA) is 87.3 Å². The van der Waals surface area contributed by atoms with E-state index in [-0.39, 0.29) is 22.7 Å². The van der Waals surface area contributed by atoms with Crippen molar-refractivity contribution >= 4 is 81.3 Å². The summed E-state index contributed by atoms with van der Waals surface area (Å²) in [7, 11) is 0. The highest BCUT2D eigenvalue weighted by molar-refractivity contribution is 8.00. The molecule has 15 heteroatoms. The van der Waals surface area contributed by atoms with Crippen LogP contribution in [0.25, 0.3) is 0 Å². The molecule has 0 aromatic heterocycles. The number of carbonyl (C=O) groups is 3. The minimum Gasteiger partial charge on any atom is -0.326 e. The average Bonchev–Trinajstić information content (AvgIpc) is 2.71. The first-order chi connectivity index (χ1) is 16.1. The van der Waals surface area contributed by atoms with E-state index >= 15 is 0 Å². The Morgan fingerprint density at radius 2 is 1.63 bits per heavy atom. The van der Waals surface area contributed by atoms with Gasteiger partial charge in [-0.2, -0.15) is 13.2 Å². The zero-order valence-corrected chi connectivity index (χ0v) is 20.5. The largest absolute Gasteiger partial charge is 0.442 e. The molecule has 0 atom stereocenters. The summed E-state index contributed by atoms with van der Waals surface area (Å²) in [5.41, 5.74) is -6.43. The van der Waals surface area contributed by atoms with Crippen LogP contribution in [0.3, 0.4) is 0 Å². The van der Waals surface area contributed by atoms with Crippen LogP contribution >= 0.6 is 46.6 Å². The quantitative estimate of drug-likeness (QED) is 0.244. The van der Waals surface area contributed by atoms with Crippen molar-refractivity contribution in [2.45, 2.75) is 23.2 Å². The van der Waals surface area contributed by atoms with Crippen molar-refractivity contribution in [2.24, 2.45) is 0 Å². The molecule has 0 heterocycles. The number of amides is 3. The Morgan fingerprint density at radius 1 is 0.971 bits per heavy atom. The normalized spacial score (nSPS) is 11.7. The van der Waals surface area contributed by atoms with Crippen molar-refractivity contribution in [3.05, 3.63) is 52.6 Å². The Hall–Kier alpha value is -2.28. The van der Waals surface area contributed by atoms with Crippen LogP contribution < -0.4 is 16.0 Å². The first-order valence-electron chi connectivity index (χ1n) is 9.33. The highest BCUT2D eigenvalue weighted by atomic mass is 35.5. The van der Waals surface area contributed by atoms with Gasteiger partial charge >= 0.3 is 5.51 Å². The molecule has 0 radical (unpaired) electrons. The van der Waals surface area contributed by atoms with Gasteiger partial charge in [0.1, 0.15) is 15.8 Å². The van der Waals surface area contributed by atoms with Gasteiger partial charge in [-0.25, -0.2) is 8.78 Å². The predicted octanol–water partition coefficient (Wildman–Crippen LogP) is 6.58. The molecular weight excluding hydrogens is 564 g/mol. The number of rotatable bonds is 8. The zero-order valence-electron chi connectivity index (χ0n) is 17.5. The van der Waals surface area contributed by atoms with Crippen LogP contribution in [0.15, 0.2) is 30.3 Å². The van der Waals surface area contributed by atoms with Crippen LogP contribution in [-0.4, -0.2) is 33.3 Å². The van der Waals surface area contributed by atoms with E-state index < -0.39 is 68.1 Å². The summed E-state index contributed by atoms with van der Waals surface area (Å²) in [5, 5.41) is 6.21. The van der Waals surface area contributed by atoms with Crippen molar-refractivity contribution in [1.82, 2.24) is 0 Å². The fourth-order valence-corrected chi connectivity index (χ4v) is 3.35. The van der Waals surface area contributed by atoms with Gasteiger partial charge in [-0.3, -0.25) is 14.4 Å². The maximum absolute atomic E-state index is 14.7. The lowest BCUT2D eigenvalue weighted by Gasteiger charge is -2.15. The summed E-state index contributed by atoms with van der Waals surface area (Å²) >= 11 is 16.9. The molecule has 0 aliphatic carbocycles. The van der Waals surface area contributed by atoms with E-state index in [1.807, 2.05) is 0 Å². The van der Waals surface area contributed by atoms with E-state index in [1.54, 1.807) is 5.32 Å². The van der Waals surface area contributed by atoms with Gasteiger partial charge in [-0.1, -0.05) is 11.6 Å². The maximum atomic E-state index is 14.7. The smallest absolute Gasteiger partial charge is 0.326 e. The predicted molar refractivity (Wildman–Crippen MR) is 126 cm³/mol. The summed E-state index contributed by atoms with van der Waals surface area (Å²) in [6.45, 7) is 1.40. The fraction of sp³-hybridized carbons (Fsp3) is 0.250. The molecule has 3 N–H and O–H groups in total. The van der Waals surface area contributed by atoms with Gasteiger partial charge in [0.05, 0.1) is 28.4 Å². The fourth-order valence-electron chi connectivity index (χ4n) is 2.54. The van der Waals surface area contributed by atoms with Gasteiger partial charge in [-0.05, 0) is 49.0 Å². The Bertz CT molecular complexity index is 1140. The van der Waals surface area contributed by atoms with Gasteiger partial charge in [0.2, 0.25) is 11.8 Å². The Balaban J connectivity index is 2.20. The van der Waals surface area contributed by atoms with E-state index in [0.29, 0.717) is 6.07 Å². The minimum absolute atomic E-state index is 0.0831. The van der Waals surface area contributed by atoms with Crippen molar-refractivity contribution < 1.29 is 36.3 Å². The number of anilines is 3. The molecule has 190 valence electrons. The minimum atomic E-state index is -4.72. The molecule has 0 aliphatic rings. The van der Waals surface area contributed by atoms with Crippen molar-refractivity contribution in [3.8, 4) is 0 Å². The maximum Gasteiger partial charge on any atom is 0.442 e. The molecule has 2 aromatic rings. The summed E-state index contributed by atoms with van der Waals surface area (Å²) < 4.78 is 64.1. The molecule has 6 nitrogen and oxygen atoms in total. The summed E-state index contributed by atoms with van der Waals surface area (Å²) in [6.07, 6.45) is -0.267. The third-order valence-electron chi connectivity index (χ3n) is 3.94. The SMILES string of the molecule is CC(Cl)(Cl)CC(=O)Nc1ccc(Cl)c(C(=O)Nc2ccc(F)c(NC(=O)CSC(F)(F)F)c2F)c1. The second kappa shape index (κ2) is 11.6. The van der Waals surface area contributed by atoms with E-state index in [0.717, 1.165) is 6.07 Å². The molecular formula is C20H15Cl3F5N3O3S. The first kappa shape index (κ1) is 29.0. The molecule has 0 aliphatic heterocycles. The Kier molecular flexibility index (Phi) is 9.63. The van der Waals surface area contributed by atoms with Gasteiger partial charge in [-0.15, -0.1) is 23.2 Å². The summed E-state index contributed by atoms with van der Waals surface area (Å²) in [4.78, 5) is 36.3. The molecule has 0 unspecified atom stereocenters. The molecule has 2 rings (SSSR count). The molecule has 0 saturated heterocycles. The number of hydrogen-bond donors (Lipinski definition) is 3.